The lowest BCUT2D eigenvalue weighted by Gasteiger charge is -2.07. The van der Waals surface area contributed by atoms with Crippen LogP contribution in [0.25, 0.3) is 10.9 Å². The fourth-order valence-corrected chi connectivity index (χ4v) is 1.61. The predicted molar refractivity (Wildman–Crippen MR) is 60.3 cm³/mol. The Morgan fingerprint density at radius 3 is 2.80 bits per heavy atom. The van der Waals surface area contributed by atoms with Gasteiger partial charge in [0.1, 0.15) is 0 Å². The largest absolute Gasteiger partial charge is 0.481 e. The van der Waals surface area contributed by atoms with E-state index in [0.29, 0.717) is 0 Å². The molecule has 1 aromatic carbocycles. The molecule has 76 valence electrons. The van der Waals surface area contributed by atoms with Gasteiger partial charge >= 0.3 is 0 Å². The second-order valence-electron chi connectivity index (χ2n) is 3.36. The summed E-state index contributed by atoms with van der Waals surface area (Å²) >= 11 is 0. The van der Waals surface area contributed by atoms with Crippen LogP contribution in [-0.4, -0.2) is 18.0 Å². The van der Waals surface area contributed by atoms with Gasteiger partial charge in [-0.15, -0.1) is 0 Å². The van der Waals surface area contributed by atoms with E-state index in [1.807, 2.05) is 37.3 Å². The van der Waals surface area contributed by atoms with E-state index >= 15 is 0 Å². The van der Waals surface area contributed by atoms with E-state index in [4.69, 9.17) is 10.1 Å². The van der Waals surface area contributed by atoms with Gasteiger partial charge in [-0.3, -0.25) is 10.4 Å². The van der Waals surface area contributed by atoms with Crippen molar-refractivity contribution < 1.29 is 4.74 Å². The lowest BCUT2D eigenvalue weighted by molar-refractivity contribution is 0.401. The summed E-state index contributed by atoms with van der Waals surface area (Å²) in [5.41, 5.74) is 2.58. The summed E-state index contributed by atoms with van der Waals surface area (Å²) in [6.07, 6.45) is 0. The molecule has 1 aromatic heterocycles. The first-order valence-electron chi connectivity index (χ1n) is 4.71. The van der Waals surface area contributed by atoms with Crippen LogP contribution in [0, 0.1) is 12.3 Å². The van der Waals surface area contributed by atoms with Crippen molar-refractivity contribution in [2.24, 2.45) is 0 Å². The molecule has 0 aliphatic rings. The van der Waals surface area contributed by atoms with Gasteiger partial charge in [-0.2, -0.15) is 0 Å². The maximum atomic E-state index is 7.71. The van der Waals surface area contributed by atoms with Gasteiger partial charge in [0.25, 0.3) is 0 Å². The molecular formula is C12H12N2O. The first kappa shape index (κ1) is 9.65. The fraction of sp³-hybridized carbons (Fsp3) is 0.167. The molecule has 0 saturated heterocycles. The third-order valence-corrected chi connectivity index (χ3v) is 2.29. The van der Waals surface area contributed by atoms with Gasteiger partial charge in [0.2, 0.25) is 5.90 Å². The molecule has 2 rings (SSSR count). The zero-order valence-electron chi connectivity index (χ0n) is 8.74. The lowest BCUT2D eigenvalue weighted by Crippen LogP contribution is -2.03. The van der Waals surface area contributed by atoms with Crippen LogP contribution in [0.2, 0.25) is 0 Å². The summed E-state index contributed by atoms with van der Waals surface area (Å²) in [7, 11) is 1.51. The number of methoxy groups -OCH3 is 1. The van der Waals surface area contributed by atoms with Crippen molar-refractivity contribution in [1.82, 2.24) is 4.98 Å². The average molecular weight is 200 g/mol. The van der Waals surface area contributed by atoms with E-state index in [-0.39, 0.29) is 5.90 Å². The zero-order chi connectivity index (χ0) is 10.8. The summed E-state index contributed by atoms with van der Waals surface area (Å²) in [4.78, 5) is 4.40. The molecule has 0 amide bonds. The summed E-state index contributed by atoms with van der Waals surface area (Å²) in [5, 5.41) is 8.66. The van der Waals surface area contributed by atoms with Crippen LogP contribution in [0.15, 0.2) is 30.3 Å². The number of rotatable bonds is 1. The summed E-state index contributed by atoms with van der Waals surface area (Å²) in [6.45, 7) is 1.92. The van der Waals surface area contributed by atoms with Crippen molar-refractivity contribution in [2.75, 3.05) is 7.11 Å². The number of nitrogens with zero attached hydrogens (tertiary/aromatic N) is 1. The van der Waals surface area contributed by atoms with Crippen molar-refractivity contribution in [3.05, 3.63) is 41.6 Å². The van der Waals surface area contributed by atoms with Crippen molar-refractivity contribution in [3.8, 4) is 0 Å². The van der Waals surface area contributed by atoms with Crippen LogP contribution in [0.1, 0.15) is 11.3 Å². The molecule has 0 atom stereocenters. The van der Waals surface area contributed by atoms with Crippen LogP contribution in [0.4, 0.5) is 0 Å². The normalized spacial score (nSPS) is 10.3. The van der Waals surface area contributed by atoms with E-state index in [9.17, 15) is 0 Å². The number of ether oxygens (including phenoxy) is 1. The molecular weight excluding hydrogens is 188 g/mol. The number of pyridine rings is 1. The number of aromatic nitrogens is 1. The maximum absolute atomic E-state index is 7.71. The Morgan fingerprint density at radius 1 is 1.33 bits per heavy atom. The number of fused-ring (bicyclic) bond motifs is 1. The van der Waals surface area contributed by atoms with Crippen LogP contribution < -0.4 is 0 Å². The van der Waals surface area contributed by atoms with E-state index in [1.165, 1.54) is 7.11 Å². The molecule has 0 spiro atoms. The Kier molecular flexibility index (Phi) is 2.37. The second-order valence-corrected chi connectivity index (χ2v) is 3.36. The Hall–Kier alpha value is -1.90. The molecule has 0 aliphatic carbocycles. The van der Waals surface area contributed by atoms with E-state index in [1.54, 1.807) is 0 Å². The Labute approximate surface area is 88.2 Å². The standard InChI is InChI=1S/C12H12N2O/c1-8-7-10(12(13)15-2)9-5-3-4-6-11(9)14-8/h3-7,13H,1-2H3. The van der Waals surface area contributed by atoms with Crippen LogP contribution in [-0.2, 0) is 4.74 Å². The molecule has 1 heterocycles. The van der Waals surface area contributed by atoms with Crippen molar-refractivity contribution in [2.45, 2.75) is 6.92 Å². The molecule has 0 aliphatic heterocycles. The van der Waals surface area contributed by atoms with Gasteiger partial charge in [-0.25, -0.2) is 0 Å². The summed E-state index contributed by atoms with van der Waals surface area (Å²) in [6, 6.07) is 9.63. The minimum absolute atomic E-state index is 0.178. The highest BCUT2D eigenvalue weighted by Crippen LogP contribution is 2.18. The van der Waals surface area contributed by atoms with Crippen molar-refractivity contribution in [3.63, 3.8) is 0 Å². The molecule has 2 aromatic rings. The van der Waals surface area contributed by atoms with E-state index in [0.717, 1.165) is 22.2 Å². The first-order valence-corrected chi connectivity index (χ1v) is 4.71. The quantitative estimate of drug-likeness (QED) is 0.568. The predicted octanol–water partition coefficient (Wildman–Crippen LogP) is 2.51. The fourth-order valence-electron chi connectivity index (χ4n) is 1.61. The average Bonchev–Trinajstić information content (AvgIpc) is 2.26. The van der Waals surface area contributed by atoms with Gasteiger partial charge in [0.05, 0.1) is 12.6 Å². The van der Waals surface area contributed by atoms with Crippen molar-refractivity contribution >= 4 is 16.8 Å². The number of para-hydroxylation sites is 1. The monoisotopic (exact) mass is 200 g/mol. The summed E-state index contributed by atoms with van der Waals surface area (Å²) in [5.74, 6) is 0.178. The molecule has 0 saturated carbocycles. The molecule has 0 fully saturated rings. The van der Waals surface area contributed by atoms with E-state index < -0.39 is 0 Å². The second kappa shape index (κ2) is 3.69. The van der Waals surface area contributed by atoms with Gasteiger partial charge in [-0.1, -0.05) is 18.2 Å². The molecule has 15 heavy (non-hydrogen) atoms. The molecule has 3 heteroatoms. The number of aryl methyl sites for hydroxylation is 1. The van der Waals surface area contributed by atoms with Gasteiger partial charge < -0.3 is 4.74 Å². The minimum Gasteiger partial charge on any atom is -0.481 e. The topological polar surface area (TPSA) is 46.0 Å². The third-order valence-electron chi connectivity index (χ3n) is 2.29. The lowest BCUT2D eigenvalue weighted by atomic mass is 10.1. The Balaban J connectivity index is 2.76. The smallest absolute Gasteiger partial charge is 0.213 e. The highest BCUT2D eigenvalue weighted by Gasteiger charge is 2.08. The summed E-state index contributed by atoms with van der Waals surface area (Å²) < 4.78 is 4.95. The van der Waals surface area contributed by atoms with Gasteiger partial charge in [0.15, 0.2) is 0 Å². The number of hydrogen-bond donors (Lipinski definition) is 1. The van der Waals surface area contributed by atoms with Crippen LogP contribution >= 0.6 is 0 Å². The maximum Gasteiger partial charge on any atom is 0.213 e. The van der Waals surface area contributed by atoms with Crippen LogP contribution in [0.3, 0.4) is 0 Å². The molecule has 0 unspecified atom stereocenters. The highest BCUT2D eigenvalue weighted by molar-refractivity contribution is 6.04. The number of nitrogens with one attached hydrogen (secondary N) is 1. The Bertz CT molecular complexity index is 520. The van der Waals surface area contributed by atoms with Gasteiger partial charge in [0, 0.05) is 16.6 Å². The number of benzene rings is 1. The first-order chi connectivity index (χ1) is 7.22. The minimum atomic E-state index is 0.178. The van der Waals surface area contributed by atoms with Crippen molar-refractivity contribution in [1.29, 1.82) is 5.41 Å². The Morgan fingerprint density at radius 2 is 2.07 bits per heavy atom. The third kappa shape index (κ3) is 1.68. The number of hydrogen-bond acceptors (Lipinski definition) is 3. The zero-order valence-corrected chi connectivity index (χ0v) is 8.74. The highest BCUT2D eigenvalue weighted by atomic mass is 16.5. The molecule has 0 radical (unpaired) electrons. The molecule has 0 bridgehead atoms. The molecule has 1 N–H and O–H groups in total. The SMILES string of the molecule is COC(=N)c1cc(C)nc2ccccc12. The van der Waals surface area contributed by atoms with Gasteiger partial charge in [-0.05, 0) is 19.1 Å². The van der Waals surface area contributed by atoms with Crippen LogP contribution in [0.5, 0.6) is 0 Å². The van der Waals surface area contributed by atoms with E-state index in [2.05, 4.69) is 4.98 Å². The molecule has 3 nitrogen and oxygen atoms in total.